The Morgan fingerprint density at radius 1 is 1.70 bits per heavy atom. The minimum Gasteiger partial charge on any atom is -0.313 e. The zero-order valence-corrected chi connectivity index (χ0v) is 6.48. The molecule has 2 N–H and O–H groups in total. The highest BCUT2D eigenvalue weighted by molar-refractivity contribution is 5.87. The van der Waals surface area contributed by atoms with Gasteiger partial charge in [0.05, 0.1) is 12.6 Å². The lowest BCUT2D eigenvalue weighted by Crippen LogP contribution is -2.37. The van der Waals surface area contributed by atoms with E-state index in [9.17, 15) is 4.79 Å². The van der Waals surface area contributed by atoms with Crippen LogP contribution < -0.4 is 10.6 Å². The molecule has 0 bridgehead atoms. The van der Waals surface area contributed by atoms with Crippen molar-refractivity contribution in [3.63, 3.8) is 0 Å². The molecule has 0 amide bonds. The van der Waals surface area contributed by atoms with Gasteiger partial charge in [-0.1, -0.05) is 6.08 Å². The highest BCUT2D eigenvalue weighted by Crippen LogP contribution is 1.84. The summed E-state index contributed by atoms with van der Waals surface area (Å²) in [7, 11) is 3.48. The van der Waals surface area contributed by atoms with Crippen molar-refractivity contribution in [3.05, 3.63) is 12.7 Å². The molecule has 1 unspecified atom stereocenters. The van der Waals surface area contributed by atoms with Gasteiger partial charge in [-0.15, -0.1) is 6.58 Å². The summed E-state index contributed by atoms with van der Waals surface area (Å²) in [5, 5.41) is 5.61. The number of nitrogens with one attached hydrogen (secondary N) is 2. The third kappa shape index (κ3) is 2.75. The molecule has 0 aliphatic carbocycles. The van der Waals surface area contributed by atoms with Crippen molar-refractivity contribution in [3.8, 4) is 0 Å². The highest BCUT2D eigenvalue weighted by atomic mass is 16.1. The van der Waals surface area contributed by atoms with Crippen LogP contribution in [0.3, 0.4) is 0 Å². The van der Waals surface area contributed by atoms with Crippen LogP contribution in [0.2, 0.25) is 0 Å². The number of hydrogen-bond donors (Lipinski definition) is 2. The third-order valence-electron chi connectivity index (χ3n) is 1.24. The molecule has 0 rings (SSSR count). The Morgan fingerprint density at radius 2 is 2.30 bits per heavy atom. The molecular formula is C7H14N2O. The SMILES string of the molecule is C=CC(NC)C(=O)CNC. The minimum atomic E-state index is -0.215. The summed E-state index contributed by atoms with van der Waals surface area (Å²) in [5.41, 5.74) is 0. The number of rotatable bonds is 5. The maximum atomic E-state index is 11.0. The van der Waals surface area contributed by atoms with E-state index in [1.54, 1.807) is 20.2 Å². The van der Waals surface area contributed by atoms with Crippen LogP contribution in [-0.2, 0) is 4.79 Å². The van der Waals surface area contributed by atoms with Gasteiger partial charge < -0.3 is 10.6 Å². The van der Waals surface area contributed by atoms with Crippen LogP contribution in [0.1, 0.15) is 0 Å². The van der Waals surface area contributed by atoms with Crippen LogP contribution in [0, 0.1) is 0 Å². The molecule has 10 heavy (non-hydrogen) atoms. The summed E-state index contributed by atoms with van der Waals surface area (Å²) in [6.45, 7) is 3.91. The van der Waals surface area contributed by atoms with Crippen LogP contribution in [0.25, 0.3) is 0 Å². The second-order valence-corrected chi connectivity index (χ2v) is 2.00. The average Bonchev–Trinajstić information content (AvgIpc) is 1.91. The maximum absolute atomic E-state index is 11.0. The molecule has 0 saturated carbocycles. The average molecular weight is 142 g/mol. The van der Waals surface area contributed by atoms with Gasteiger partial charge in [0, 0.05) is 0 Å². The second kappa shape index (κ2) is 5.14. The molecular weight excluding hydrogens is 128 g/mol. The molecule has 0 aliphatic heterocycles. The van der Waals surface area contributed by atoms with Gasteiger partial charge in [-0.05, 0) is 14.1 Å². The van der Waals surface area contributed by atoms with Crippen molar-refractivity contribution in [2.45, 2.75) is 6.04 Å². The zero-order chi connectivity index (χ0) is 7.98. The van der Waals surface area contributed by atoms with E-state index in [0.29, 0.717) is 6.54 Å². The number of ketones is 1. The predicted octanol–water partition coefficient (Wildman–Crippen LogP) is -0.451. The van der Waals surface area contributed by atoms with Crippen LogP contribution in [0.15, 0.2) is 12.7 Å². The fourth-order valence-electron chi connectivity index (χ4n) is 0.694. The molecule has 1 atom stereocenters. The van der Waals surface area contributed by atoms with E-state index in [-0.39, 0.29) is 11.8 Å². The van der Waals surface area contributed by atoms with Gasteiger partial charge in [0.1, 0.15) is 0 Å². The van der Waals surface area contributed by atoms with E-state index < -0.39 is 0 Å². The first kappa shape index (κ1) is 9.33. The Bertz CT molecular complexity index is 123. The fraction of sp³-hybridized carbons (Fsp3) is 0.571. The lowest BCUT2D eigenvalue weighted by molar-refractivity contribution is -0.118. The van der Waals surface area contributed by atoms with Crippen molar-refractivity contribution >= 4 is 5.78 Å². The van der Waals surface area contributed by atoms with E-state index in [4.69, 9.17) is 0 Å². The van der Waals surface area contributed by atoms with Crippen molar-refractivity contribution in [1.29, 1.82) is 0 Å². The molecule has 0 aromatic heterocycles. The van der Waals surface area contributed by atoms with Crippen molar-refractivity contribution in [2.24, 2.45) is 0 Å². The van der Waals surface area contributed by atoms with Crippen molar-refractivity contribution in [1.82, 2.24) is 10.6 Å². The summed E-state index contributed by atoms with van der Waals surface area (Å²) >= 11 is 0. The highest BCUT2D eigenvalue weighted by Gasteiger charge is 2.09. The van der Waals surface area contributed by atoms with Gasteiger partial charge in [-0.25, -0.2) is 0 Å². The molecule has 0 spiro atoms. The Kier molecular flexibility index (Phi) is 4.80. The minimum absolute atomic E-state index is 0.111. The van der Waals surface area contributed by atoms with Gasteiger partial charge >= 0.3 is 0 Å². The maximum Gasteiger partial charge on any atom is 0.167 e. The first-order valence-corrected chi connectivity index (χ1v) is 3.23. The molecule has 0 aromatic carbocycles. The lowest BCUT2D eigenvalue weighted by Gasteiger charge is -2.08. The Morgan fingerprint density at radius 3 is 2.60 bits per heavy atom. The molecule has 0 fully saturated rings. The van der Waals surface area contributed by atoms with Crippen LogP contribution in [0.5, 0.6) is 0 Å². The van der Waals surface area contributed by atoms with Crippen molar-refractivity contribution in [2.75, 3.05) is 20.6 Å². The summed E-state index contributed by atoms with van der Waals surface area (Å²) in [6, 6.07) is -0.215. The first-order chi connectivity index (χ1) is 4.76. The number of hydrogen-bond acceptors (Lipinski definition) is 3. The summed E-state index contributed by atoms with van der Waals surface area (Å²) < 4.78 is 0. The molecule has 0 aromatic rings. The Hall–Kier alpha value is -0.670. The standard InChI is InChI=1S/C7H14N2O/c1-4-6(9-3)7(10)5-8-2/h4,6,8-9H,1,5H2,2-3H3. The zero-order valence-electron chi connectivity index (χ0n) is 6.48. The monoisotopic (exact) mass is 142 g/mol. The third-order valence-corrected chi connectivity index (χ3v) is 1.24. The number of carbonyl (C=O) groups is 1. The molecule has 0 aliphatic rings. The Labute approximate surface area is 61.5 Å². The topological polar surface area (TPSA) is 41.1 Å². The van der Waals surface area contributed by atoms with Gasteiger partial charge in [0.2, 0.25) is 0 Å². The predicted molar refractivity (Wildman–Crippen MR) is 42.0 cm³/mol. The van der Waals surface area contributed by atoms with Gasteiger partial charge in [0.25, 0.3) is 0 Å². The smallest absolute Gasteiger partial charge is 0.167 e. The van der Waals surface area contributed by atoms with Crippen LogP contribution in [0.4, 0.5) is 0 Å². The summed E-state index contributed by atoms with van der Waals surface area (Å²) in [6.07, 6.45) is 1.60. The normalized spacial score (nSPS) is 12.6. The summed E-state index contributed by atoms with van der Waals surface area (Å²) in [5.74, 6) is 0.111. The van der Waals surface area contributed by atoms with Gasteiger partial charge in [0.15, 0.2) is 5.78 Å². The van der Waals surface area contributed by atoms with E-state index in [2.05, 4.69) is 17.2 Å². The van der Waals surface area contributed by atoms with Gasteiger partial charge in [-0.2, -0.15) is 0 Å². The molecule has 3 nitrogen and oxygen atoms in total. The molecule has 58 valence electrons. The number of carbonyl (C=O) groups excluding carboxylic acids is 1. The number of likely N-dealkylation sites (N-methyl/N-ethyl adjacent to an activating group) is 2. The van der Waals surface area contributed by atoms with E-state index in [1.807, 2.05) is 0 Å². The van der Waals surface area contributed by atoms with E-state index in [1.165, 1.54) is 0 Å². The Balaban J connectivity index is 3.76. The van der Waals surface area contributed by atoms with Crippen LogP contribution in [-0.4, -0.2) is 32.5 Å². The quantitative estimate of drug-likeness (QED) is 0.511. The van der Waals surface area contributed by atoms with Crippen molar-refractivity contribution < 1.29 is 4.79 Å². The lowest BCUT2D eigenvalue weighted by atomic mass is 10.2. The fourth-order valence-corrected chi connectivity index (χ4v) is 0.694. The van der Waals surface area contributed by atoms with E-state index >= 15 is 0 Å². The first-order valence-electron chi connectivity index (χ1n) is 3.23. The second-order valence-electron chi connectivity index (χ2n) is 2.00. The molecule has 0 saturated heterocycles. The molecule has 0 radical (unpaired) electrons. The molecule has 3 heteroatoms. The largest absolute Gasteiger partial charge is 0.313 e. The van der Waals surface area contributed by atoms with E-state index in [0.717, 1.165) is 0 Å². The summed E-state index contributed by atoms with van der Waals surface area (Å²) in [4.78, 5) is 11.0. The molecule has 0 heterocycles. The van der Waals surface area contributed by atoms with Gasteiger partial charge in [-0.3, -0.25) is 4.79 Å². The number of Topliss-reactive ketones (excluding diaryl/α,β-unsaturated/α-hetero) is 1. The van der Waals surface area contributed by atoms with Crippen LogP contribution >= 0.6 is 0 Å².